The SMILES string of the molecule is Cc1c(C(=O)N(Cc2ccccc2)C(C)c2ccccn2)cnn1Cc1ccccc1. The minimum Gasteiger partial charge on any atom is -0.326 e. The van der Waals surface area contributed by atoms with Crippen molar-refractivity contribution in [1.29, 1.82) is 0 Å². The Hall–Kier alpha value is -3.73. The van der Waals surface area contributed by atoms with Crippen LogP contribution in [0.25, 0.3) is 0 Å². The Balaban J connectivity index is 1.64. The molecule has 0 aliphatic heterocycles. The number of aromatic nitrogens is 3. The molecule has 5 nitrogen and oxygen atoms in total. The van der Waals surface area contributed by atoms with E-state index in [0.717, 1.165) is 22.5 Å². The Bertz CT molecular complexity index is 1120. The minimum absolute atomic E-state index is 0.0428. The zero-order valence-corrected chi connectivity index (χ0v) is 17.8. The Labute approximate surface area is 183 Å². The highest BCUT2D eigenvalue weighted by Gasteiger charge is 2.26. The van der Waals surface area contributed by atoms with Crippen molar-refractivity contribution in [2.75, 3.05) is 0 Å². The van der Waals surface area contributed by atoms with E-state index in [9.17, 15) is 4.79 Å². The summed E-state index contributed by atoms with van der Waals surface area (Å²) in [4.78, 5) is 20.1. The van der Waals surface area contributed by atoms with E-state index < -0.39 is 0 Å². The molecule has 0 aliphatic rings. The second kappa shape index (κ2) is 9.39. The Morgan fingerprint density at radius 2 is 1.58 bits per heavy atom. The molecule has 0 aliphatic carbocycles. The summed E-state index contributed by atoms with van der Waals surface area (Å²) < 4.78 is 1.88. The van der Waals surface area contributed by atoms with Gasteiger partial charge in [-0.2, -0.15) is 5.10 Å². The van der Waals surface area contributed by atoms with Gasteiger partial charge in [0.05, 0.1) is 30.0 Å². The molecule has 4 aromatic rings. The van der Waals surface area contributed by atoms with Crippen LogP contribution in [-0.2, 0) is 13.1 Å². The molecule has 31 heavy (non-hydrogen) atoms. The summed E-state index contributed by atoms with van der Waals surface area (Å²) >= 11 is 0. The fraction of sp³-hybridized carbons (Fsp3) is 0.192. The second-order valence-corrected chi connectivity index (χ2v) is 7.64. The number of hydrogen-bond donors (Lipinski definition) is 0. The van der Waals surface area contributed by atoms with Crippen LogP contribution in [0.15, 0.2) is 91.3 Å². The van der Waals surface area contributed by atoms with E-state index in [4.69, 9.17) is 0 Å². The van der Waals surface area contributed by atoms with E-state index in [1.54, 1.807) is 12.4 Å². The van der Waals surface area contributed by atoms with Crippen LogP contribution in [0, 0.1) is 6.92 Å². The van der Waals surface area contributed by atoms with Gasteiger partial charge in [0.15, 0.2) is 0 Å². The number of rotatable bonds is 7. The summed E-state index contributed by atoms with van der Waals surface area (Å²) in [5.41, 5.74) is 4.57. The molecule has 0 bridgehead atoms. The minimum atomic E-state index is -0.175. The monoisotopic (exact) mass is 410 g/mol. The van der Waals surface area contributed by atoms with Gasteiger partial charge in [0, 0.05) is 18.4 Å². The van der Waals surface area contributed by atoms with E-state index in [0.29, 0.717) is 18.7 Å². The Morgan fingerprint density at radius 3 is 2.23 bits per heavy atom. The van der Waals surface area contributed by atoms with Gasteiger partial charge in [-0.3, -0.25) is 14.5 Å². The zero-order chi connectivity index (χ0) is 21.6. The third-order valence-corrected chi connectivity index (χ3v) is 5.55. The van der Waals surface area contributed by atoms with Crippen molar-refractivity contribution in [3.8, 4) is 0 Å². The van der Waals surface area contributed by atoms with Crippen molar-refractivity contribution in [3.05, 3.63) is 119 Å². The van der Waals surface area contributed by atoms with Gasteiger partial charge in [0.1, 0.15) is 0 Å². The second-order valence-electron chi connectivity index (χ2n) is 7.64. The number of carbonyl (C=O) groups excluding carboxylic acids is 1. The van der Waals surface area contributed by atoms with Crippen molar-refractivity contribution in [3.63, 3.8) is 0 Å². The van der Waals surface area contributed by atoms with Crippen LogP contribution in [0.3, 0.4) is 0 Å². The van der Waals surface area contributed by atoms with Gasteiger partial charge in [0.2, 0.25) is 0 Å². The van der Waals surface area contributed by atoms with E-state index in [1.807, 2.05) is 90.2 Å². The smallest absolute Gasteiger partial charge is 0.258 e. The Morgan fingerprint density at radius 1 is 0.935 bits per heavy atom. The van der Waals surface area contributed by atoms with Crippen molar-refractivity contribution < 1.29 is 4.79 Å². The molecule has 5 heteroatoms. The van der Waals surface area contributed by atoms with Crippen LogP contribution in [0.4, 0.5) is 0 Å². The predicted molar refractivity (Wildman–Crippen MR) is 121 cm³/mol. The first-order chi connectivity index (χ1) is 15.1. The molecule has 2 aromatic heterocycles. The van der Waals surface area contributed by atoms with Crippen molar-refractivity contribution in [2.45, 2.75) is 33.0 Å². The van der Waals surface area contributed by atoms with Crippen molar-refractivity contribution in [1.82, 2.24) is 19.7 Å². The molecule has 2 aromatic carbocycles. The summed E-state index contributed by atoms with van der Waals surface area (Å²) in [5, 5.41) is 4.51. The number of amides is 1. The molecule has 0 saturated heterocycles. The van der Waals surface area contributed by atoms with E-state index in [-0.39, 0.29) is 11.9 Å². The molecule has 2 heterocycles. The largest absolute Gasteiger partial charge is 0.326 e. The first-order valence-corrected chi connectivity index (χ1v) is 10.5. The quantitative estimate of drug-likeness (QED) is 0.429. The lowest BCUT2D eigenvalue weighted by Gasteiger charge is -2.29. The molecular weight excluding hydrogens is 384 g/mol. The number of hydrogen-bond acceptors (Lipinski definition) is 3. The molecule has 156 valence electrons. The highest BCUT2D eigenvalue weighted by atomic mass is 16.2. The number of nitrogens with zero attached hydrogens (tertiary/aromatic N) is 4. The Kier molecular flexibility index (Phi) is 6.22. The van der Waals surface area contributed by atoms with Crippen LogP contribution in [0.5, 0.6) is 0 Å². The maximum atomic E-state index is 13.7. The fourth-order valence-corrected chi connectivity index (χ4v) is 3.67. The van der Waals surface area contributed by atoms with Crippen LogP contribution < -0.4 is 0 Å². The number of pyridine rings is 1. The van der Waals surface area contributed by atoms with E-state index in [1.165, 1.54) is 0 Å². The van der Waals surface area contributed by atoms with Crippen molar-refractivity contribution >= 4 is 5.91 Å². The van der Waals surface area contributed by atoms with Crippen molar-refractivity contribution in [2.24, 2.45) is 0 Å². The maximum absolute atomic E-state index is 13.7. The molecule has 4 rings (SSSR count). The lowest BCUT2D eigenvalue weighted by atomic mass is 10.1. The van der Waals surface area contributed by atoms with Gasteiger partial charge in [-0.15, -0.1) is 0 Å². The van der Waals surface area contributed by atoms with Gasteiger partial charge < -0.3 is 4.90 Å². The maximum Gasteiger partial charge on any atom is 0.258 e. The summed E-state index contributed by atoms with van der Waals surface area (Å²) in [5.74, 6) is -0.0428. The molecule has 0 N–H and O–H groups in total. The number of benzene rings is 2. The van der Waals surface area contributed by atoms with E-state index in [2.05, 4.69) is 22.2 Å². The average Bonchev–Trinajstić information content (AvgIpc) is 3.18. The molecule has 1 amide bonds. The zero-order valence-electron chi connectivity index (χ0n) is 17.8. The topological polar surface area (TPSA) is 51.0 Å². The van der Waals surface area contributed by atoms with Crippen LogP contribution in [0.1, 0.15) is 45.8 Å². The fourth-order valence-electron chi connectivity index (χ4n) is 3.67. The normalized spacial score (nSPS) is 11.8. The summed E-state index contributed by atoms with van der Waals surface area (Å²) in [6.07, 6.45) is 3.45. The van der Waals surface area contributed by atoms with Crippen LogP contribution in [0.2, 0.25) is 0 Å². The molecule has 0 saturated carbocycles. The van der Waals surface area contributed by atoms with Gasteiger partial charge in [-0.1, -0.05) is 66.7 Å². The molecule has 0 fully saturated rings. The van der Waals surface area contributed by atoms with Gasteiger partial charge in [-0.05, 0) is 37.1 Å². The highest BCUT2D eigenvalue weighted by Crippen LogP contribution is 2.24. The molecule has 0 radical (unpaired) electrons. The lowest BCUT2D eigenvalue weighted by Crippen LogP contribution is -2.34. The predicted octanol–water partition coefficient (Wildman–Crippen LogP) is 5.04. The summed E-state index contributed by atoms with van der Waals surface area (Å²) in [6.45, 7) is 5.11. The molecule has 0 spiro atoms. The first-order valence-electron chi connectivity index (χ1n) is 10.5. The van der Waals surface area contributed by atoms with Gasteiger partial charge >= 0.3 is 0 Å². The number of carbonyl (C=O) groups is 1. The molecule has 1 unspecified atom stereocenters. The summed E-state index contributed by atoms with van der Waals surface area (Å²) in [7, 11) is 0. The van der Waals surface area contributed by atoms with Crippen LogP contribution in [-0.4, -0.2) is 25.6 Å². The molecular formula is C26H26N4O. The van der Waals surface area contributed by atoms with Gasteiger partial charge in [0.25, 0.3) is 5.91 Å². The van der Waals surface area contributed by atoms with Gasteiger partial charge in [-0.25, -0.2) is 0 Å². The summed E-state index contributed by atoms with van der Waals surface area (Å²) in [6, 6.07) is 25.8. The van der Waals surface area contributed by atoms with Crippen LogP contribution >= 0.6 is 0 Å². The third kappa shape index (κ3) is 4.72. The molecule has 1 atom stereocenters. The lowest BCUT2D eigenvalue weighted by molar-refractivity contribution is 0.0669. The average molecular weight is 411 g/mol. The van der Waals surface area contributed by atoms with E-state index >= 15 is 0 Å². The standard InChI is InChI=1S/C26H26N4O/c1-20-24(17-28-30(20)19-23-13-7-4-8-14-23)26(31)29(18-22-11-5-3-6-12-22)21(2)25-15-9-10-16-27-25/h3-17,21H,18-19H2,1-2H3. The highest BCUT2D eigenvalue weighted by molar-refractivity contribution is 5.95. The third-order valence-electron chi connectivity index (χ3n) is 5.55. The first kappa shape index (κ1) is 20.5.